The van der Waals surface area contributed by atoms with E-state index in [4.69, 9.17) is 4.74 Å². The molecule has 1 atom stereocenters. The van der Waals surface area contributed by atoms with Crippen molar-refractivity contribution in [1.82, 2.24) is 4.57 Å². The number of nitrogens with zero attached hydrogens (tertiary/aromatic N) is 1. The van der Waals surface area contributed by atoms with Gasteiger partial charge < -0.3 is 14.4 Å². The van der Waals surface area contributed by atoms with Crippen LogP contribution in [-0.4, -0.2) is 28.4 Å². The Kier molecular flexibility index (Phi) is 7.93. The van der Waals surface area contributed by atoms with E-state index in [0.29, 0.717) is 17.5 Å². The summed E-state index contributed by atoms with van der Waals surface area (Å²) in [6, 6.07) is 19.0. The molecule has 182 valence electrons. The molecule has 0 saturated heterocycles. The first kappa shape index (κ1) is 24.6. The smallest absolute Gasteiger partial charge is 0.338 e. The van der Waals surface area contributed by atoms with Crippen molar-refractivity contribution in [2.24, 2.45) is 0 Å². The van der Waals surface area contributed by atoms with Crippen molar-refractivity contribution in [2.75, 3.05) is 6.61 Å². The van der Waals surface area contributed by atoms with Gasteiger partial charge in [0, 0.05) is 29.1 Å². The Hall–Kier alpha value is -3.51. The number of aliphatic hydroxyl groups is 1. The van der Waals surface area contributed by atoms with Crippen LogP contribution in [0.5, 0.6) is 0 Å². The van der Waals surface area contributed by atoms with Gasteiger partial charge in [-0.15, -0.1) is 0 Å². The van der Waals surface area contributed by atoms with Gasteiger partial charge in [-0.3, -0.25) is 0 Å². The maximum Gasteiger partial charge on any atom is 0.338 e. The summed E-state index contributed by atoms with van der Waals surface area (Å²) in [5.41, 5.74) is 2.71. The highest BCUT2D eigenvalue weighted by molar-refractivity contribution is 5.89. The van der Waals surface area contributed by atoms with Gasteiger partial charge in [0.25, 0.3) is 0 Å². The van der Waals surface area contributed by atoms with E-state index < -0.39 is 23.7 Å². The second kappa shape index (κ2) is 11.3. The number of fused-ring (bicyclic) bond motifs is 1. The zero-order valence-corrected chi connectivity index (χ0v) is 19.7. The molecule has 6 heteroatoms. The van der Waals surface area contributed by atoms with Crippen LogP contribution in [0.4, 0.5) is 8.78 Å². The molecule has 1 heterocycles. The largest absolute Gasteiger partial charge is 0.459 e. The lowest BCUT2D eigenvalue weighted by Crippen LogP contribution is -2.21. The lowest BCUT2D eigenvalue weighted by molar-refractivity contribution is 0.0259. The molecular weight excluding hydrogens is 448 g/mol. The van der Waals surface area contributed by atoms with Crippen molar-refractivity contribution in [2.45, 2.75) is 45.3 Å². The van der Waals surface area contributed by atoms with Crippen molar-refractivity contribution in [3.63, 3.8) is 0 Å². The molecular formula is C29H29F2NO3. The van der Waals surface area contributed by atoms with E-state index in [0.717, 1.165) is 29.3 Å². The average Bonchev–Trinajstić information content (AvgIpc) is 3.21. The fourth-order valence-electron chi connectivity index (χ4n) is 4.26. The summed E-state index contributed by atoms with van der Waals surface area (Å²) in [6.45, 7) is 1.92. The molecule has 1 aromatic heterocycles. The first-order valence-electron chi connectivity index (χ1n) is 11.9. The fourth-order valence-corrected chi connectivity index (χ4v) is 4.26. The number of hydrogen-bond donors (Lipinski definition) is 1. The number of carbonyl (C=O) groups excluding carboxylic acids is 1. The predicted octanol–water partition coefficient (Wildman–Crippen LogP) is 6.07. The predicted molar refractivity (Wildman–Crippen MR) is 132 cm³/mol. The minimum absolute atomic E-state index is 0.00916. The van der Waals surface area contributed by atoms with E-state index in [1.807, 2.05) is 31.2 Å². The molecule has 4 nitrogen and oxygen atoms in total. The molecule has 0 saturated carbocycles. The van der Waals surface area contributed by atoms with Crippen LogP contribution in [0.2, 0.25) is 0 Å². The number of hydrogen-bond acceptors (Lipinski definition) is 3. The number of ether oxygens (including phenoxy) is 1. The van der Waals surface area contributed by atoms with Crippen molar-refractivity contribution < 1.29 is 23.4 Å². The third-order valence-electron chi connectivity index (χ3n) is 6.09. The first-order chi connectivity index (χ1) is 17.0. The van der Waals surface area contributed by atoms with E-state index in [2.05, 4.69) is 0 Å². The third-order valence-corrected chi connectivity index (χ3v) is 6.09. The van der Waals surface area contributed by atoms with Gasteiger partial charge >= 0.3 is 5.97 Å². The number of para-hydroxylation sites is 1. The molecule has 0 radical (unpaired) electrons. The molecule has 35 heavy (non-hydrogen) atoms. The Morgan fingerprint density at radius 1 is 1.03 bits per heavy atom. The van der Waals surface area contributed by atoms with E-state index >= 15 is 0 Å². The van der Waals surface area contributed by atoms with Gasteiger partial charge in [0.2, 0.25) is 0 Å². The Balaban J connectivity index is 1.50. The van der Waals surface area contributed by atoms with Crippen LogP contribution in [0, 0.1) is 11.6 Å². The fraction of sp³-hybridized carbons (Fsp3) is 0.276. The maximum absolute atomic E-state index is 14.8. The quantitative estimate of drug-likeness (QED) is 0.282. The molecule has 0 aliphatic heterocycles. The van der Waals surface area contributed by atoms with E-state index in [-0.39, 0.29) is 25.1 Å². The maximum atomic E-state index is 14.8. The van der Waals surface area contributed by atoms with Crippen molar-refractivity contribution in [3.8, 4) is 0 Å². The summed E-state index contributed by atoms with van der Waals surface area (Å²) >= 11 is 0. The van der Waals surface area contributed by atoms with Crippen LogP contribution in [0.3, 0.4) is 0 Å². The molecule has 0 spiro atoms. The highest BCUT2D eigenvalue weighted by Crippen LogP contribution is 2.26. The molecule has 0 fully saturated rings. The number of carbonyl (C=O) groups is 1. The van der Waals surface area contributed by atoms with Crippen molar-refractivity contribution >= 4 is 16.9 Å². The third kappa shape index (κ3) is 5.95. The zero-order chi connectivity index (χ0) is 24.8. The number of unbranched alkanes of at least 4 members (excludes halogenated alkanes) is 1. The normalized spacial score (nSPS) is 12.1. The summed E-state index contributed by atoms with van der Waals surface area (Å²) in [5.74, 6) is -1.60. The van der Waals surface area contributed by atoms with E-state index in [1.54, 1.807) is 41.1 Å². The Labute approximate surface area is 203 Å². The van der Waals surface area contributed by atoms with Gasteiger partial charge in [0.1, 0.15) is 18.2 Å². The lowest BCUT2D eigenvalue weighted by Gasteiger charge is -2.11. The van der Waals surface area contributed by atoms with E-state index in [1.165, 1.54) is 12.1 Å². The number of aryl methyl sites for hydroxylation is 1. The molecule has 3 aromatic carbocycles. The van der Waals surface area contributed by atoms with Crippen molar-refractivity contribution in [3.05, 3.63) is 107 Å². The number of halogens is 2. The molecule has 0 aliphatic carbocycles. The van der Waals surface area contributed by atoms with Crippen LogP contribution in [-0.2, 0) is 24.1 Å². The summed E-state index contributed by atoms with van der Waals surface area (Å²) in [4.78, 5) is 12.2. The van der Waals surface area contributed by atoms with Crippen molar-refractivity contribution in [1.29, 1.82) is 0 Å². The summed E-state index contributed by atoms with van der Waals surface area (Å²) < 4.78 is 36.7. The monoisotopic (exact) mass is 477 g/mol. The SMILES string of the molecule is CCCCc1cc(F)c(Cn2cc(C[C@H](O)COC(=O)c3ccccc3)c3ccccc32)c(F)c1. The van der Waals surface area contributed by atoms with E-state index in [9.17, 15) is 18.7 Å². The first-order valence-corrected chi connectivity index (χ1v) is 11.9. The molecule has 0 amide bonds. The van der Waals surface area contributed by atoms with Gasteiger partial charge in [-0.25, -0.2) is 13.6 Å². The van der Waals surface area contributed by atoms with Crippen LogP contribution in [0.15, 0.2) is 72.9 Å². The summed E-state index contributed by atoms with van der Waals surface area (Å²) in [6.07, 6.45) is 3.60. The van der Waals surface area contributed by atoms with Gasteiger partial charge in [0.05, 0.1) is 18.2 Å². The molecule has 0 bridgehead atoms. The lowest BCUT2D eigenvalue weighted by atomic mass is 10.0. The van der Waals surface area contributed by atoms with Crippen LogP contribution >= 0.6 is 0 Å². The number of aliphatic hydroxyl groups excluding tert-OH is 1. The van der Waals surface area contributed by atoms with Crippen LogP contribution in [0.1, 0.15) is 46.8 Å². The number of esters is 1. The standard InChI is InChI=1S/C29H29F2NO3/c1-2-3-9-20-14-26(30)25(27(31)15-20)18-32-17-22(24-12-7-8-13-28(24)32)16-23(33)19-35-29(34)21-10-5-4-6-11-21/h4-8,10-15,17,23,33H,2-3,9,16,18-19H2,1H3/t23-/m0/s1. The number of rotatable bonds is 10. The zero-order valence-electron chi connectivity index (χ0n) is 19.7. The average molecular weight is 478 g/mol. The number of aromatic nitrogens is 1. The number of benzene rings is 3. The van der Waals surface area contributed by atoms with Gasteiger partial charge in [-0.2, -0.15) is 0 Å². The Morgan fingerprint density at radius 2 is 1.71 bits per heavy atom. The minimum atomic E-state index is -0.923. The Bertz CT molecular complexity index is 1280. The molecule has 4 aromatic rings. The van der Waals surface area contributed by atoms with Gasteiger partial charge in [-0.05, 0) is 54.3 Å². The minimum Gasteiger partial charge on any atom is -0.459 e. The van der Waals surface area contributed by atoms with Crippen LogP contribution < -0.4 is 0 Å². The second-order valence-corrected chi connectivity index (χ2v) is 8.76. The summed E-state index contributed by atoms with van der Waals surface area (Å²) in [7, 11) is 0. The van der Waals surface area contributed by atoms with Gasteiger partial charge in [0.15, 0.2) is 0 Å². The van der Waals surface area contributed by atoms with Gasteiger partial charge in [-0.1, -0.05) is 49.7 Å². The second-order valence-electron chi connectivity index (χ2n) is 8.76. The Morgan fingerprint density at radius 3 is 2.43 bits per heavy atom. The molecule has 4 rings (SSSR count). The molecule has 1 N–H and O–H groups in total. The highest BCUT2D eigenvalue weighted by Gasteiger charge is 2.18. The summed E-state index contributed by atoms with van der Waals surface area (Å²) in [5, 5.41) is 11.4. The molecule has 0 unspecified atom stereocenters. The topological polar surface area (TPSA) is 51.5 Å². The van der Waals surface area contributed by atoms with Crippen LogP contribution in [0.25, 0.3) is 10.9 Å². The molecule has 0 aliphatic rings. The highest BCUT2D eigenvalue weighted by atomic mass is 19.1.